The summed E-state index contributed by atoms with van der Waals surface area (Å²) in [5.74, 6) is 0. The van der Waals surface area contributed by atoms with E-state index in [9.17, 15) is 5.11 Å². The number of hydrogen-bond acceptors (Lipinski definition) is 2. The van der Waals surface area contributed by atoms with Gasteiger partial charge in [-0.25, -0.2) is 0 Å². The maximum Gasteiger partial charge on any atom is 0.0526 e. The van der Waals surface area contributed by atoms with Gasteiger partial charge in [0.15, 0.2) is 0 Å². The minimum Gasteiger partial charge on any atom is -0.393 e. The first-order chi connectivity index (χ1) is 5.99. The molecule has 0 fully saturated rings. The molecular weight excluding hydrogens is 162 g/mol. The van der Waals surface area contributed by atoms with E-state index in [4.69, 9.17) is 0 Å². The molecule has 0 aromatic rings. The molecule has 2 heteroatoms. The fourth-order valence-corrected chi connectivity index (χ4v) is 1.72. The van der Waals surface area contributed by atoms with E-state index >= 15 is 0 Å². The van der Waals surface area contributed by atoms with Gasteiger partial charge in [0.1, 0.15) is 0 Å². The quantitative estimate of drug-likeness (QED) is 0.689. The minimum absolute atomic E-state index is 0.189. The lowest BCUT2D eigenvalue weighted by atomic mass is 10.1. The van der Waals surface area contributed by atoms with Crippen molar-refractivity contribution in [1.82, 2.24) is 4.90 Å². The number of rotatable bonds is 6. The van der Waals surface area contributed by atoms with Crippen LogP contribution < -0.4 is 0 Å². The van der Waals surface area contributed by atoms with Gasteiger partial charge in [0.05, 0.1) is 6.10 Å². The second-order valence-corrected chi connectivity index (χ2v) is 4.24. The van der Waals surface area contributed by atoms with E-state index in [1.807, 2.05) is 6.92 Å². The molecule has 0 bridgehead atoms. The number of aliphatic hydroxyl groups excluding tert-OH is 1. The van der Waals surface area contributed by atoms with Crippen molar-refractivity contribution in [1.29, 1.82) is 0 Å². The molecule has 3 unspecified atom stereocenters. The summed E-state index contributed by atoms with van der Waals surface area (Å²) >= 11 is 0. The molecule has 0 aliphatic rings. The lowest BCUT2D eigenvalue weighted by Crippen LogP contribution is -2.38. The minimum atomic E-state index is -0.189. The Kier molecular flexibility index (Phi) is 6.35. The molecule has 2 nitrogen and oxygen atoms in total. The molecule has 0 rings (SSSR count). The highest BCUT2D eigenvalue weighted by atomic mass is 16.3. The molecule has 0 radical (unpaired) electrons. The Labute approximate surface area is 82.9 Å². The summed E-state index contributed by atoms with van der Waals surface area (Å²) in [6.45, 7) is 8.50. The first-order valence-corrected chi connectivity index (χ1v) is 5.39. The molecular formula is C11H25NO. The van der Waals surface area contributed by atoms with Gasteiger partial charge in [-0.05, 0) is 40.7 Å². The lowest BCUT2D eigenvalue weighted by Gasteiger charge is -2.31. The summed E-state index contributed by atoms with van der Waals surface area (Å²) in [6.07, 6.45) is 3.14. The Bertz CT molecular complexity index is 125. The maximum atomic E-state index is 9.26. The molecule has 0 spiro atoms. The zero-order valence-corrected chi connectivity index (χ0v) is 9.75. The van der Waals surface area contributed by atoms with E-state index in [1.54, 1.807) is 0 Å². The molecule has 0 saturated heterocycles. The third kappa shape index (κ3) is 5.27. The first kappa shape index (κ1) is 12.9. The first-order valence-electron chi connectivity index (χ1n) is 5.39. The van der Waals surface area contributed by atoms with Crippen LogP contribution >= 0.6 is 0 Å². The average molecular weight is 187 g/mol. The van der Waals surface area contributed by atoms with Gasteiger partial charge in [-0.2, -0.15) is 0 Å². The molecule has 0 aromatic heterocycles. The zero-order chi connectivity index (χ0) is 10.4. The van der Waals surface area contributed by atoms with Crippen molar-refractivity contribution in [3.8, 4) is 0 Å². The number of hydrogen-bond donors (Lipinski definition) is 1. The molecule has 0 aromatic carbocycles. The van der Waals surface area contributed by atoms with Gasteiger partial charge in [0, 0.05) is 12.1 Å². The second-order valence-electron chi connectivity index (χ2n) is 4.24. The molecule has 13 heavy (non-hydrogen) atoms. The molecule has 0 heterocycles. The molecule has 80 valence electrons. The maximum absolute atomic E-state index is 9.26. The summed E-state index contributed by atoms with van der Waals surface area (Å²) in [5, 5.41) is 9.26. The second kappa shape index (κ2) is 6.39. The van der Waals surface area contributed by atoms with Crippen LogP contribution in [-0.4, -0.2) is 35.2 Å². The summed E-state index contributed by atoms with van der Waals surface area (Å²) in [6, 6.07) is 1.10. The molecule has 0 amide bonds. The highest BCUT2D eigenvalue weighted by Gasteiger charge is 2.16. The molecule has 0 aliphatic heterocycles. The van der Waals surface area contributed by atoms with Crippen LogP contribution in [0, 0.1) is 0 Å². The largest absolute Gasteiger partial charge is 0.393 e. The van der Waals surface area contributed by atoms with E-state index in [1.165, 1.54) is 12.8 Å². The van der Waals surface area contributed by atoms with E-state index in [0.717, 1.165) is 6.42 Å². The Morgan fingerprint density at radius 3 is 2.08 bits per heavy atom. The van der Waals surface area contributed by atoms with Crippen molar-refractivity contribution in [2.45, 2.75) is 65.1 Å². The highest BCUT2D eigenvalue weighted by Crippen LogP contribution is 2.11. The van der Waals surface area contributed by atoms with Gasteiger partial charge in [0.2, 0.25) is 0 Å². The zero-order valence-electron chi connectivity index (χ0n) is 9.75. The van der Waals surface area contributed by atoms with Crippen molar-refractivity contribution >= 4 is 0 Å². The summed E-state index contributed by atoms with van der Waals surface area (Å²) in [4.78, 5) is 2.36. The molecule has 0 saturated carbocycles. The van der Waals surface area contributed by atoms with E-state index in [-0.39, 0.29) is 6.10 Å². The Morgan fingerprint density at radius 2 is 1.69 bits per heavy atom. The van der Waals surface area contributed by atoms with Crippen LogP contribution in [0.1, 0.15) is 47.0 Å². The monoisotopic (exact) mass is 187 g/mol. The van der Waals surface area contributed by atoms with E-state index in [0.29, 0.717) is 12.1 Å². The molecule has 0 aliphatic carbocycles. The van der Waals surface area contributed by atoms with Crippen LogP contribution in [0.25, 0.3) is 0 Å². The smallest absolute Gasteiger partial charge is 0.0526 e. The van der Waals surface area contributed by atoms with Crippen molar-refractivity contribution < 1.29 is 5.11 Å². The normalized spacial score (nSPS) is 18.7. The van der Waals surface area contributed by atoms with Gasteiger partial charge in [-0.1, -0.05) is 13.3 Å². The molecule has 3 atom stereocenters. The fourth-order valence-electron chi connectivity index (χ4n) is 1.72. The average Bonchev–Trinajstić information content (AvgIpc) is 2.02. The summed E-state index contributed by atoms with van der Waals surface area (Å²) < 4.78 is 0. The fraction of sp³-hybridized carbons (Fsp3) is 1.00. The standard InChI is InChI=1S/C11H25NO/c1-6-7-9(2)12(5)10(3)8-11(4)13/h9-11,13H,6-8H2,1-5H3. The third-order valence-corrected chi connectivity index (χ3v) is 2.78. The highest BCUT2D eigenvalue weighted by molar-refractivity contribution is 4.71. The summed E-state index contributed by atoms with van der Waals surface area (Å²) in [7, 11) is 2.15. The Morgan fingerprint density at radius 1 is 1.15 bits per heavy atom. The van der Waals surface area contributed by atoms with Gasteiger partial charge < -0.3 is 10.0 Å². The Balaban J connectivity index is 3.85. The van der Waals surface area contributed by atoms with Crippen molar-refractivity contribution in [3.05, 3.63) is 0 Å². The van der Waals surface area contributed by atoms with Crippen molar-refractivity contribution in [3.63, 3.8) is 0 Å². The van der Waals surface area contributed by atoms with Crippen LogP contribution in [0.2, 0.25) is 0 Å². The predicted molar refractivity (Wildman–Crippen MR) is 57.9 cm³/mol. The topological polar surface area (TPSA) is 23.5 Å². The number of nitrogens with zero attached hydrogens (tertiary/aromatic N) is 1. The van der Waals surface area contributed by atoms with Gasteiger partial charge >= 0.3 is 0 Å². The van der Waals surface area contributed by atoms with Crippen LogP contribution in [-0.2, 0) is 0 Å². The van der Waals surface area contributed by atoms with Gasteiger partial charge in [0.25, 0.3) is 0 Å². The van der Waals surface area contributed by atoms with Crippen LogP contribution in [0.15, 0.2) is 0 Å². The van der Waals surface area contributed by atoms with E-state index < -0.39 is 0 Å². The Hall–Kier alpha value is -0.0800. The predicted octanol–water partition coefficient (Wildman–Crippen LogP) is 2.27. The van der Waals surface area contributed by atoms with Crippen LogP contribution in [0.5, 0.6) is 0 Å². The summed E-state index contributed by atoms with van der Waals surface area (Å²) in [5.41, 5.74) is 0. The van der Waals surface area contributed by atoms with Crippen LogP contribution in [0.3, 0.4) is 0 Å². The molecule has 1 N–H and O–H groups in total. The van der Waals surface area contributed by atoms with Crippen LogP contribution in [0.4, 0.5) is 0 Å². The van der Waals surface area contributed by atoms with Crippen molar-refractivity contribution in [2.24, 2.45) is 0 Å². The lowest BCUT2D eigenvalue weighted by molar-refractivity contribution is 0.112. The van der Waals surface area contributed by atoms with Gasteiger partial charge in [-0.15, -0.1) is 0 Å². The number of aliphatic hydroxyl groups is 1. The SMILES string of the molecule is CCCC(C)N(C)C(C)CC(C)O. The van der Waals surface area contributed by atoms with Gasteiger partial charge in [-0.3, -0.25) is 0 Å². The van der Waals surface area contributed by atoms with E-state index in [2.05, 4.69) is 32.7 Å². The third-order valence-electron chi connectivity index (χ3n) is 2.78. The van der Waals surface area contributed by atoms with Crippen molar-refractivity contribution in [2.75, 3.05) is 7.05 Å².